The third-order valence-electron chi connectivity index (χ3n) is 5.69. The zero-order valence-electron chi connectivity index (χ0n) is 16.3. The molecule has 2 aliphatic rings. The van der Waals surface area contributed by atoms with E-state index in [0.29, 0.717) is 35.5 Å². The van der Waals surface area contributed by atoms with Gasteiger partial charge in [0.15, 0.2) is 0 Å². The standard InChI is InChI=1S/C21H25N3O4S/c25-21(23-11-9-18(10-12-23)28-17-7-2-1-3-8-17)19-14-29-20(22-19)15-5-4-6-16(13-15)24(26)27/h4-6,13-14,17-18H,1-3,7-12H2. The van der Waals surface area contributed by atoms with E-state index in [9.17, 15) is 14.9 Å². The molecule has 2 heterocycles. The first-order chi connectivity index (χ1) is 14.1. The Bertz CT molecular complexity index is 870. The van der Waals surface area contributed by atoms with E-state index < -0.39 is 4.92 Å². The molecule has 1 aliphatic carbocycles. The van der Waals surface area contributed by atoms with Gasteiger partial charge in [0.1, 0.15) is 10.7 Å². The minimum atomic E-state index is -0.428. The number of ether oxygens (including phenoxy) is 1. The molecule has 1 amide bonds. The van der Waals surface area contributed by atoms with E-state index in [4.69, 9.17) is 4.74 Å². The van der Waals surface area contributed by atoms with Crippen LogP contribution in [0.15, 0.2) is 29.6 Å². The van der Waals surface area contributed by atoms with E-state index in [1.165, 1.54) is 55.6 Å². The van der Waals surface area contributed by atoms with Crippen molar-refractivity contribution in [2.45, 2.75) is 57.2 Å². The predicted octanol–water partition coefficient (Wildman–Crippen LogP) is 4.67. The third kappa shape index (κ3) is 4.82. The Morgan fingerprint density at radius 2 is 1.86 bits per heavy atom. The number of hydrogen-bond acceptors (Lipinski definition) is 6. The molecule has 0 radical (unpaired) electrons. The Morgan fingerprint density at radius 3 is 2.59 bits per heavy atom. The van der Waals surface area contributed by atoms with Gasteiger partial charge in [0.2, 0.25) is 0 Å². The Morgan fingerprint density at radius 1 is 1.14 bits per heavy atom. The van der Waals surface area contributed by atoms with Gasteiger partial charge in [0.25, 0.3) is 11.6 Å². The molecule has 0 atom stereocenters. The summed E-state index contributed by atoms with van der Waals surface area (Å²) < 4.78 is 6.25. The summed E-state index contributed by atoms with van der Waals surface area (Å²) in [5.74, 6) is -0.0750. The monoisotopic (exact) mass is 415 g/mol. The third-order valence-corrected chi connectivity index (χ3v) is 6.58. The van der Waals surface area contributed by atoms with Crippen molar-refractivity contribution < 1.29 is 14.5 Å². The van der Waals surface area contributed by atoms with Crippen molar-refractivity contribution in [1.29, 1.82) is 0 Å². The summed E-state index contributed by atoms with van der Waals surface area (Å²) in [6.07, 6.45) is 8.55. The molecule has 7 nitrogen and oxygen atoms in total. The molecule has 2 fully saturated rings. The first kappa shape index (κ1) is 20.0. The maximum atomic E-state index is 12.8. The highest BCUT2D eigenvalue weighted by Crippen LogP contribution is 2.28. The van der Waals surface area contributed by atoms with E-state index in [0.717, 1.165) is 12.8 Å². The molecule has 1 saturated heterocycles. The van der Waals surface area contributed by atoms with Crippen LogP contribution in [0.25, 0.3) is 10.6 Å². The Labute approximate surface area is 173 Å². The molecule has 0 bridgehead atoms. The lowest BCUT2D eigenvalue weighted by Crippen LogP contribution is -2.42. The number of nitro benzene ring substituents is 1. The molecule has 1 aromatic carbocycles. The van der Waals surface area contributed by atoms with E-state index in [1.54, 1.807) is 17.5 Å². The van der Waals surface area contributed by atoms with Gasteiger partial charge >= 0.3 is 0 Å². The summed E-state index contributed by atoms with van der Waals surface area (Å²) in [5, 5.41) is 13.3. The zero-order valence-corrected chi connectivity index (χ0v) is 17.1. The average Bonchev–Trinajstić information content (AvgIpc) is 3.25. The van der Waals surface area contributed by atoms with E-state index in [1.807, 2.05) is 4.90 Å². The lowest BCUT2D eigenvalue weighted by atomic mass is 9.97. The smallest absolute Gasteiger partial charge is 0.273 e. The average molecular weight is 416 g/mol. The van der Waals surface area contributed by atoms with Crippen LogP contribution < -0.4 is 0 Å². The van der Waals surface area contributed by atoms with Gasteiger partial charge in [-0.3, -0.25) is 14.9 Å². The normalized spacial score (nSPS) is 18.7. The predicted molar refractivity (Wildman–Crippen MR) is 111 cm³/mol. The number of hydrogen-bond donors (Lipinski definition) is 0. The molecule has 4 rings (SSSR count). The fourth-order valence-corrected chi connectivity index (χ4v) is 4.88. The number of carbonyl (C=O) groups is 1. The lowest BCUT2D eigenvalue weighted by molar-refractivity contribution is -0.384. The van der Waals surface area contributed by atoms with Crippen molar-refractivity contribution in [3.05, 3.63) is 45.5 Å². The number of thiazole rings is 1. The van der Waals surface area contributed by atoms with Gasteiger partial charge in [0, 0.05) is 36.2 Å². The fourth-order valence-electron chi connectivity index (χ4n) is 4.09. The molecule has 0 unspecified atom stereocenters. The van der Waals surface area contributed by atoms with Crippen LogP contribution in [0.2, 0.25) is 0 Å². The van der Waals surface area contributed by atoms with Gasteiger partial charge in [-0.2, -0.15) is 0 Å². The summed E-state index contributed by atoms with van der Waals surface area (Å²) in [4.78, 5) is 29.7. The maximum Gasteiger partial charge on any atom is 0.273 e. The maximum absolute atomic E-state index is 12.8. The van der Waals surface area contributed by atoms with Crippen LogP contribution in [0, 0.1) is 10.1 Å². The van der Waals surface area contributed by atoms with Crippen molar-refractivity contribution in [3.63, 3.8) is 0 Å². The van der Waals surface area contributed by atoms with Crippen LogP contribution >= 0.6 is 11.3 Å². The Balaban J connectivity index is 1.35. The van der Waals surface area contributed by atoms with Gasteiger partial charge < -0.3 is 9.64 Å². The first-order valence-electron chi connectivity index (χ1n) is 10.3. The number of amides is 1. The summed E-state index contributed by atoms with van der Waals surface area (Å²) >= 11 is 1.33. The number of non-ortho nitro benzene ring substituents is 1. The molecule has 1 saturated carbocycles. The number of nitro groups is 1. The van der Waals surface area contributed by atoms with Crippen molar-refractivity contribution in [2.75, 3.05) is 13.1 Å². The molecule has 29 heavy (non-hydrogen) atoms. The Kier molecular flexibility index (Phi) is 6.20. The molecular weight excluding hydrogens is 390 g/mol. The van der Waals surface area contributed by atoms with Crippen molar-refractivity contribution in [1.82, 2.24) is 9.88 Å². The van der Waals surface area contributed by atoms with E-state index in [-0.39, 0.29) is 17.7 Å². The molecule has 0 spiro atoms. The fraction of sp³-hybridized carbons (Fsp3) is 0.524. The number of aromatic nitrogens is 1. The van der Waals surface area contributed by atoms with Crippen LogP contribution in [-0.2, 0) is 4.74 Å². The summed E-state index contributed by atoms with van der Waals surface area (Å²) in [6.45, 7) is 1.36. The number of likely N-dealkylation sites (tertiary alicyclic amines) is 1. The van der Waals surface area contributed by atoms with E-state index in [2.05, 4.69) is 4.98 Å². The van der Waals surface area contributed by atoms with Gasteiger partial charge in [-0.15, -0.1) is 11.3 Å². The van der Waals surface area contributed by atoms with Crippen LogP contribution in [0.4, 0.5) is 5.69 Å². The lowest BCUT2D eigenvalue weighted by Gasteiger charge is -2.34. The van der Waals surface area contributed by atoms with Crippen LogP contribution in [0.1, 0.15) is 55.4 Å². The van der Waals surface area contributed by atoms with Gasteiger partial charge in [-0.05, 0) is 25.7 Å². The number of carbonyl (C=O) groups excluding carboxylic acids is 1. The van der Waals surface area contributed by atoms with Gasteiger partial charge in [-0.1, -0.05) is 31.4 Å². The summed E-state index contributed by atoms with van der Waals surface area (Å²) in [7, 11) is 0. The molecule has 154 valence electrons. The minimum absolute atomic E-state index is 0.0191. The number of piperidine rings is 1. The number of rotatable bonds is 5. The van der Waals surface area contributed by atoms with Crippen LogP contribution in [0.3, 0.4) is 0 Å². The largest absolute Gasteiger partial charge is 0.375 e. The molecule has 0 N–H and O–H groups in total. The van der Waals surface area contributed by atoms with Crippen molar-refractivity contribution in [3.8, 4) is 10.6 Å². The molecule has 8 heteroatoms. The van der Waals surface area contributed by atoms with Crippen molar-refractivity contribution >= 4 is 22.9 Å². The minimum Gasteiger partial charge on any atom is -0.375 e. The topological polar surface area (TPSA) is 85.6 Å². The second-order valence-corrected chi connectivity index (χ2v) is 8.59. The molecular formula is C21H25N3O4S. The summed E-state index contributed by atoms with van der Waals surface area (Å²) in [5.41, 5.74) is 1.08. The van der Waals surface area contributed by atoms with Crippen LogP contribution in [-0.4, -0.2) is 46.0 Å². The van der Waals surface area contributed by atoms with E-state index >= 15 is 0 Å². The SMILES string of the molecule is O=C(c1csc(-c2cccc([N+](=O)[O-])c2)n1)N1CCC(OC2CCCCC2)CC1. The highest BCUT2D eigenvalue weighted by molar-refractivity contribution is 7.13. The van der Waals surface area contributed by atoms with Gasteiger partial charge in [-0.25, -0.2) is 4.98 Å². The Hall–Kier alpha value is -2.32. The van der Waals surface area contributed by atoms with Crippen LogP contribution in [0.5, 0.6) is 0 Å². The number of benzene rings is 1. The highest BCUT2D eigenvalue weighted by atomic mass is 32.1. The summed E-state index contributed by atoms with van der Waals surface area (Å²) in [6, 6.07) is 6.34. The second kappa shape index (κ2) is 9.00. The molecule has 1 aromatic heterocycles. The first-order valence-corrected chi connectivity index (χ1v) is 11.1. The molecule has 2 aromatic rings. The van der Waals surface area contributed by atoms with Gasteiger partial charge in [0.05, 0.1) is 17.1 Å². The second-order valence-electron chi connectivity index (χ2n) is 7.73. The quantitative estimate of drug-likeness (QED) is 0.523. The van der Waals surface area contributed by atoms with Crippen molar-refractivity contribution in [2.24, 2.45) is 0 Å². The zero-order chi connectivity index (χ0) is 20.2. The number of nitrogens with zero attached hydrogens (tertiary/aromatic N) is 3. The molecule has 1 aliphatic heterocycles. The highest BCUT2D eigenvalue weighted by Gasteiger charge is 2.27.